The third kappa shape index (κ3) is 2.51. The van der Waals surface area contributed by atoms with Crippen LogP contribution in [0.25, 0.3) is 11.1 Å². The van der Waals surface area contributed by atoms with Crippen molar-refractivity contribution in [1.82, 2.24) is 4.98 Å². The minimum atomic E-state index is -4.48. The van der Waals surface area contributed by atoms with Gasteiger partial charge >= 0.3 is 6.18 Å². The minimum absolute atomic E-state index is 0.129. The first-order chi connectivity index (χ1) is 8.52. The second-order valence-electron chi connectivity index (χ2n) is 3.77. The van der Waals surface area contributed by atoms with E-state index < -0.39 is 18.3 Å². The quantitative estimate of drug-likeness (QED) is 0.891. The lowest BCUT2D eigenvalue weighted by Crippen LogP contribution is -2.09. The van der Waals surface area contributed by atoms with Gasteiger partial charge in [0.2, 0.25) is 0 Å². The first-order valence-corrected chi connectivity index (χ1v) is 5.24. The number of aliphatic hydroxyl groups is 1. The molecular weight excluding hydrogens is 243 g/mol. The average molecular weight is 253 g/mol. The second-order valence-corrected chi connectivity index (χ2v) is 3.77. The van der Waals surface area contributed by atoms with Crippen molar-refractivity contribution in [3.8, 4) is 11.1 Å². The Morgan fingerprint density at radius 1 is 1.11 bits per heavy atom. The van der Waals surface area contributed by atoms with Gasteiger partial charge in [0.05, 0.1) is 12.2 Å². The number of hydrogen-bond acceptors (Lipinski definition) is 2. The standard InChI is InChI=1S/C13H10F3NO/c14-13(15,16)12-6-9(3-4-11(12)8-18)10-2-1-5-17-7-10/h1-7,18H,8H2. The Balaban J connectivity index is 2.53. The number of halogens is 3. The van der Waals surface area contributed by atoms with Gasteiger partial charge in [0.1, 0.15) is 0 Å². The Hall–Kier alpha value is -1.88. The van der Waals surface area contributed by atoms with Crippen molar-refractivity contribution in [3.63, 3.8) is 0 Å². The van der Waals surface area contributed by atoms with Gasteiger partial charge in [0.25, 0.3) is 0 Å². The fourth-order valence-electron chi connectivity index (χ4n) is 1.69. The third-order valence-corrected chi connectivity index (χ3v) is 2.58. The van der Waals surface area contributed by atoms with Crippen molar-refractivity contribution in [3.05, 3.63) is 53.9 Å². The molecule has 0 amide bonds. The second kappa shape index (κ2) is 4.78. The first kappa shape index (κ1) is 12.6. The zero-order valence-electron chi connectivity index (χ0n) is 9.28. The molecule has 0 aliphatic rings. The van der Waals surface area contributed by atoms with E-state index >= 15 is 0 Å². The summed E-state index contributed by atoms with van der Waals surface area (Å²) < 4.78 is 38.4. The number of benzene rings is 1. The predicted octanol–water partition coefficient (Wildman–Crippen LogP) is 3.26. The van der Waals surface area contributed by atoms with Crippen molar-refractivity contribution in [2.45, 2.75) is 12.8 Å². The molecule has 1 N–H and O–H groups in total. The summed E-state index contributed by atoms with van der Waals surface area (Å²) in [4.78, 5) is 3.86. The van der Waals surface area contributed by atoms with Gasteiger partial charge in [-0.1, -0.05) is 18.2 Å². The van der Waals surface area contributed by atoms with Gasteiger partial charge in [0.15, 0.2) is 0 Å². The molecule has 0 saturated heterocycles. The van der Waals surface area contributed by atoms with E-state index in [9.17, 15) is 13.2 Å². The van der Waals surface area contributed by atoms with Gasteiger partial charge in [-0.25, -0.2) is 0 Å². The monoisotopic (exact) mass is 253 g/mol. The Morgan fingerprint density at radius 2 is 1.89 bits per heavy atom. The van der Waals surface area contributed by atoms with Crippen LogP contribution in [0.2, 0.25) is 0 Å². The van der Waals surface area contributed by atoms with E-state index in [-0.39, 0.29) is 5.56 Å². The van der Waals surface area contributed by atoms with Crippen LogP contribution in [0.4, 0.5) is 13.2 Å². The SMILES string of the molecule is OCc1ccc(-c2cccnc2)cc1C(F)(F)F. The van der Waals surface area contributed by atoms with E-state index in [0.717, 1.165) is 6.07 Å². The number of aliphatic hydroxyl groups excluding tert-OH is 1. The van der Waals surface area contributed by atoms with E-state index in [4.69, 9.17) is 5.11 Å². The van der Waals surface area contributed by atoms with Crippen molar-refractivity contribution in [2.75, 3.05) is 0 Å². The fourth-order valence-corrected chi connectivity index (χ4v) is 1.69. The largest absolute Gasteiger partial charge is 0.416 e. The van der Waals surface area contributed by atoms with Crippen LogP contribution in [0.3, 0.4) is 0 Å². The highest BCUT2D eigenvalue weighted by molar-refractivity contribution is 5.64. The smallest absolute Gasteiger partial charge is 0.392 e. The normalized spacial score (nSPS) is 11.6. The number of aromatic nitrogens is 1. The fraction of sp³-hybridized carbons (Fsp3) is 0.154. The number of alkyl halides is 3. The van der Waals surface area contributed by atoms with Gasteiger partial charge < -0.3 is 5.11 Å². The van der Waals surface area contributed by atoms with Gasteiger partial charge in [-0.05, 0) is 23.3 Å². The molecule has 2 rings (SSSR count). The molecule has 94 valence electrons. The molecule has 0 unspecified atom stereocenters. The summed E-state index contributed by atoms with van der Waals surface area (Å²) in [6, 6.07) is 7.19. The summed E-state index contributed by atoms with van der Waals surface area (Å²) in [5.74, 6) is 0. The molecule has 1 aromatic carbocycles. The molecule has 18 heavy (non-hydrogen) atoms. The van der Waals surface area contributed by atoms with Gasteiger partial charge in [-0.2, -0.15) is 13.2 Å². The maximum Gasteiger partial charge on any atom is 0.416 e. The van der Waals surface area contributed by atoms with Gasteiger partial charge in [0, 0.05) is 18.0 Å². The summed E-state index contributed by atoms with van der Waals surface area (Å²) in [6.45, 7) is -0.637. The van der Waals surface area contributed by atoms with E-state index in [2.05, 4.69) is 4.98 Å². The van der Waals surface area contributed by atoms with E-state index in [0.29, 0.717) is 11.1 Å². The Morgan fingerprint density at radius 3 is 2.44 bits per heavy atom. The van der Waals surface area contributed by atoms with Crippen LogP contribution in [-0.4, -0.2) is 10.1 Å². The molecule has 0 atom stereocenters. The molecule has 0 saturated carbocycles. The summed E-state index contributed by atoms with van der Waals surface area (Å²) >= 11 is 0. The third-order valence-electron chi connectivity index (χ3n) is 2.58. The number of rotatable bonds is 2. The zero-order chi connectivity index (χ0) is 13.2. The zero-order valence-corrected chi connectivity index (χ0v) is 9.28. The number of nitrogens with zero attached hydrogens (tertiary/aromatic N) is 1. The van der Waals surface area contributed by atoms with Crippen LogP contribution < -0.4 is 0 Å². The average Bonchev–Trinajstić information content (AvgIpc) is 2.38. The molecule has 0 bridgehead atoms. The maximum absolute atomic E-state index is 12.8. The highest BCUT2D eigenvalue weighted by Gasteiger charge is 2.33. The number of hydrogen-bond donors (Lipinski definition) is 1. The number of pyridine rings is 1. The summed E-state index contributed by atoms with van der Waals surface area (Å²) in [5.41, 5.74) is 0.0848. The molecule has 0 aliphatic carbocycles. The molecule has 5 heteroatoms. The van der Waals surface area contributed by atoms with Crippen LogP contribution in [0.1, 0.15) is 11.1 Å². The van der Waals surface area contributed by atoms with Crippen molar-refractivity contribution in [2.24, 2.45) is 0 Å². The van der Waals surface area contributed by atoms with Crippen molar-refractivity contribution < 1.29 is 18.3 Å². The van der Waals surface area contributed by atoms with Crippen LogP contribution in [-0.2, 0) is 12.8 Å². The van der Waals surface area contributed by atoms with Gasteiger partial charge in [-0.3, -0.25) is 4.98 Å². The van der Waals surface area contributed by atoms with Gasteiger partial charge in [-0.15, -0.1) is 0 Å². The van der Waals surface area contributed by atoms with Crippen LogP contribution >= 0.6 is 0 Å². The minimum Gasteiger partial charge on any atom is -0.392 e. The lowest BCUT2D eigenvalue weighted by molar-refractivity contribution is -0.138. The van der Waals surface area contributed by atoms with Crippen molar-refractivity contribution >= 4 is 0 Å². The summed E-state index contributed by atoms with van der Waals surface area (Å²) in [5, 5.41) is 8.93. The molecule has 0 fully saturated rings. The molecule has 2 nitrogen and oxygen atoms in total. The van der Waals surface area contributed by atoms with E-state index in [1.54, 1.807) is 18.3 Å². The molecule has 1 aromatic heterocycles. The highest BCUT2D eigenvalue weighted by Crippen LogP contribution is 2.34. The molecular formula is C13H10F3NO. The topological polar surface area (TPSA) is 33.1 Å². The maximum atomic E-state index is 12.8. The molecule has 2 aromatic rings. The lowest BCUT2D eigenvalue weighted by Gasteiger charge is -2.13. The lowest BCUT2D eigenvalue weighted by atomic mass is 10.00. The molecule has 0 radical (unpaired) electrons. The van der Waals surface area contributed by atoms with E-state index in [1.807, 2.05) is 0 Å². The molecule has 0 aliphatic heterocycles. The van der Waals surface area contributed by atoms with Crippen molar-refractivity contribution in [1.29, 1.82) is 0 Å². The first-order valence-electron chi connectivity index (χ1n) is 5.24. The molecule has 1 heterocycles. The van der Waals surface area contributed by atoms with Crippen LogP contribution in [0.5, 0.6) is 0 Å². The van der Waals surface area contributed by atoms with E-state index in [1.165, 1.54) is 18.3 Å². The summed E-state index contributed by atoms with van der Waals surface area (Å²) in [6.07, 6.45) is -1.43. The molecule has 0 spiro atoms. The highest BCUT2D eigenvalue weighted by atomic mass is 19.4. The van der Waals surface area contributed by atoms with Crippen LogP contribution in [0, 0.1) is 0 Å². The van der Waals surface area contributed by atoms with Crippen LogP contribution in [0.15, 0.2) is 42.7 Å². The summed E-state index contributed by atoms with van der Waals surface area (Å²) in [7, 11) is 0. The Bertz CT molecular complexity index is 538. The predicted molar refractivity (Wildman–Crippen MR) is 60.6 cm³/mol. The Labute approximate surface area is 102 Å². The Kier molecular flexibility index (Phi) is 3.34.